The van der Waals surface area contributed by atoms with Gasteiger partial charge in [-0.15, -0.1) is 11.3 Å². The Kier molecular flexibility index (Phi) is 5.94. The van der Waals surface area contributed by atoms with Crippen LogP contribution in [-0.2, 0) is 11.2 Å². The van der Waals surface area contributed by atoms with Crippen molar-refractivity contribution in [2.24, 2.45) is 5.73 Å². The molecule has 1 fully saturated rings. The fraction of sp³-hybridized carbons (Fsp3) is 0.714. The molecule has 2 rings (SSSR count). The third-order valence-electron chi connectivity index (χ3n) is 3.35. The molecule has 0 saturated carbocycles. The summed E-state index contributed by atoms with van der Waals surface area (Å²) in [6, 6.07) is 0. The molecule has 1 unspecified atom stereocenters. The molecule has 1 aromatic rings. The van der Waals surface area contributed by atoms with Crippen LogP contribution in [0.3, 0.4) is 0 Å². The minimum absolute atomic E-state index is 0.0225. The highest BCUT2D eigenvalue weighted by Crippen LogP contribution is 2.18. The first-order valence-electron chi connectivity index (χ1n) is 7.30. The summed E-state index contributed by atoms with van der Waals surface area (Å²) >= 11 is 1.51. The van der Waals surface area contributed by atoms with E-state index in [1.54, 1.807) is 0 Å². The number of nitrogens with zero attached hydrogens (tertiary/aromatic N) is 2. The maximum absolute atomic E-state index is 12.4. The summed E-state index contributed by atoms with van der Waals surface area (Å²) in [5.41, 5.74) is 6.06. The molecule has 1 amide bonds. The van der Waals surface area contributed by atoms with Crippen LogP contribution >= 0.6 is 11.3 Å². The second-order valence-corrected chi connectivity index (χ2v) is 5.99. The quantitative estimate of drug-likeness (QED) is 0.867. The summed E-state index contributed by atoms with van der Waals surface area (Å²) < 4.78 is 5.76. The molecule has 0 aromatic carbocycles. The first kappa shape index (κ1) is 15.4. The fourth-order valence-corrected chi connectivity index (χ4v) is 3.14. The van der Waals surface area contributed by atoms with Crippen LogP contribution in [0.1, 0.15) is 41.7 Å². The molecule has 1 atom stereocenters. The summed E-state index contributed by atoms with van der Waals surface area (Å²) in [7, 11) is 0. The summed E-state index contributed by atoms with van der Waals surface area (Å²) in [5, 5.41) is 2.77. The zero-order valence-electron chi connectivity index (χ0n) is 12.0. The number of carbonyl (C=O) groups excluding carboxylic acids is 1. The molecule has 20 heavy (non-hydrogen) atoms. The summed E-state index contributed by atoms with van der Waals surface area (Å²) in [4.78, 5) is 18.7. The third-order valence-corrected chi connectivity index (χ3v) is 4.26. The molecule has 1 aromatic heterocycles. The van der Waals surface area contributed by atoms with Crippen molar-refractivity contribution in [3.05, 3.63) is 16.1 Å². The number of nitrogens with two attached hydrogens (primary N) is 1. The van der Waals surface area contributed by atoms with E-state index in [1.165, 1.54) is 11.3 Å². The van der Waals surface area contributed by atoms with Gasteiger partial charge in [-0.05, 0) is 25.8 Å². The van der Waals surface area contributed by atoms with Crippen molar-refractivity contribution in [2.75, 3.05) is 26.2 Å². The van der Waals surface area contributed by atoms with Crippen LogP contribution in [0.15, 0.2) is 5.38 Å². The lowest BCUT2D eigenvalue weighted by Crippen LogP contribution is -2.43. The van der Waals surface area contributed by atoms with Gasteiger partial charge >= 0.3 is 0 Å². The number of hydrogen-bond donors (Lipinski definition) is 1. The molecule has 1 aliphatic rings. The number of hydrogen-bond acceptors (Lipinski definition) is 5. The molecular weight excluding hydrogens is 274 g/mol. The molecule has 6 heteroatoms. The Hall–Kier alpha value is -0.980. The van der Waals surface area contributed by atoms with Crippen LogP contribution in [0.4, 0.5) is 0 Å². The van der Waals surface area contributed by atoms with Crippen LogP contribution in [0.2, 0.25) is 0 Å². The van der Waals surface area contributed by atoms with Gasteiger partial charge < -0.3 is 15.4 Å². The highest BCUT2D eigenvalue weighted by atomic mass is 32.1. The molecule has 2 N–H and O–H groups in total. The Morgan fingerprint density at radius 2 is 2.50 bits per heavy atom. The van der Waals surface area contributed by atoms with Gasteiger partial charge in [0, 0.05) is 31.5 Å². The fourth-order valence-electron chi connectivity index (χ4n) is 2.35. The Bertz CT molecular complexity index is 436. The average Bonchev–Trinajstić information content (AvgIpc) is 2.93. The second kappa shape index (κ2) is 7.71. The minimum Gasteiger partial charge on any atom is -0.376 e. The van der Waals surface area contributed by atoms with Gasteiger partial charge in [0.2, 0.25) is 0 Å². The lowest BCUT2D eigenvalue weighted by atomic mass is 10.1. The number of amides is 1. The van der Waals surface area contributed by atoms with Crippen molar-refractivity contribution >= 4 is 17.2 Å². The van der Waals surface area contributed by atoms with Crippen LogP contribution < -0.4 is 5.73 Å². The number of piperidine rings is 1. The third kappa shape index (κ3) is 4.01. The predicted molar refractivity (Wildman–Crippen MR) is 80.0 cm³/mol. The van der Waals surface area contributed by atoms with Crippen molar-refractivity contribution in [1.29, 1.82) is 0 Å². The summed E-state index contributed by atoms with van der Waals surface area (Å²) in [6.45, 7) is 4.92. The Morgan fingerprint density at radius 1 is 1.65 bits per heavy atom. The largest absolute Gasteiger partial charge is 0.376 e. The Morgan fingerprint density at radius 3 is 3.25 bits per heavy atom. The number of aromatic nitrogens is 1. The van der Waals surface area contributed by atoms with E-state index in [-0.39, 0.29) is 12.0 Å². The van der Waals surface area contributed by atoms with E-state index in [0.29, 0.717) is 18.8 Å². The maximum Gasteiger partial charge on any atom is 0.273 e. The average molecular weight is 297 g/mol. The monoisotopic (exact) mass is 297 g/mol. The smallest absolute Gasteiger partial charge is 0.273 e. The van der Waals surface area contributed by atoms with E-state index in [2.05, 4.69) is 11.9 Å². The topological polar surface area (TPSA) is 68.5 Å². The van der Waals surface area contributed by atoms with Crippen molar-refractivity contribution in [3.63, 3.8) is 0 Å². The zero-order valence-corrected chi connectivity index (χ0v) is 12.8. The van der Waals surface area contributed by atoms with E-state index in [1.807, 2.05) is 10.3 Å². The van der Waals surface area contributed by atoms with Crippen molar-refractivity contribution in [2.45, 2.75) is 38.7 Å². The van der Waals surface area contributed by atoms with Gasteiger partial charge in [0.1, 0.15) is 5.69 Å². The van der Waals surface area contributed by atoms with Gasteiger partial charge in [-0.2, -0.15) is 0 Å². The van der Waals surface area contributed by atoms with Crippen molar-refractivity contribution in [3.8, 4) is 0 Å². The second-order valence-electron chi connectivity index (χ2n) is 5.05. The molecule has 112 valence electrons. The highest BCUT2D eigenvalue weighted by Gasteiger charge is 2.26. The normalized spacial score (nSPS) is 19.3. The van der Waals surface area contributed by atoms with Gasteiger partial charge in [0.15, 0.2) is 0 Å². The summed E-state index contributed by atoms with van der Waals surface area (Å²) in [6.07, 6.45) is 3.97. The van der Waals surface area contributed by atoms with Gasteiger partial charge in [-0.1, -0.05) is 6.92 Å². The standard InChI is InChI=1S/C14H23N3O2S/c1-2-8-19-11-4-3-7-17(9-11)14(18)12-10-20-13(16-12)5-6-15/h10-11H,2-9,15H2,1H3. The zero-order chi connectivity index (χ0) is 14.4. The van der Waals surface area contributed by atoms with E-state index < -0.39 is 0 Å². The molecule has 5 nitrogen and oxygen atoms in total. The van der Waals surface area contributed by atoms with Gasteiger partial charge in [-0.3, -0.25) is 4.79 Å². The van der Waals surface area contributed by atoms with E-state index >= 15 is 0 Å². The predicted octanol–water partition coefficient (Wildman–Crippen LogP) is 1.68. The molecule has 1 saturated heterocycles. The van der Waals surface area contributed by atoms with Gasteiger partial charge in [0.25, 0.3) is 5.91 Å². The Balaban J connectivity index is 1.93. The molecule has 0 radical (unpaired) electrons. The van der Waals surface area contributed by atoms with E-state index in [0.717, 1.165) is 43.8 Å². The maximum atomic E-state index is 12.4. The van der Waals surface area contributed by atoms with E-state index in [9.17, 15) is 4.79 Å². The van der Waals surface area contributed by atoms with Gasteiger partial charge in [0.05, 0.1) is 11.1 Å². The molecule has 2 heterocycles. The van der Waals surface area contributed by atoms with Crippen LogP contribution in [0, 0.1) is 0 Å². The molecule has 1 aliphatic heterocycles. The van der Waals surface area contributed by atoms with E-state index in [4.69, 9.17) is 10.5 Å². The van der Waals surface area contributed by atoms with Crippen LogP contribution in [-0.4, -0.2) is 48.1 Å². The first-order valence-corrected chi connectivity index (χ1v) is 8.18. The Labute approximate surface area is 124 Å². The van der Waals surface area contributed by atoms with Crippen molar-refractivity contribution < 1.29 is 9.53 Å². The lowest BCUT2D eigenvalue weighted by Gasteiger charge is -2.32. The SMILES string of the molecule is CCCOC1CCCN(C(=O)c2csc(CCN)n2)C1. The van der Waals surface area contributed by atoms with Crippen molar-refractivity contribution in [1.82, 2.24) is 9.88 Å². The molecule has 0 aliphatic carbocycles. The number of carbonyl (C=O) groups is 1. The summed E-state index contributed by atoms with van der Waals surface area (Å²) in [5.74, 6) is 0.0225. The first-order chi connectivity index (χ1) is 9.74. The highest BCUT2D eigenvalue weighted by molar-refractivity contribution is 7.09. The van der Waals surface area contributed by atoms with Gasteiger partial charge in [-0.25, -0.2) is 4.98 Å². The lowest BCUT2D eigenvalue weighted by molar-refractivity contribution is 0.00194. The van der Waals surface area contributed by atoms with Crippen LogP contribution in [0.25, 0.3) is 0 Å². The number of likely N-dealkylation sites (tertiary alicyclic amines) is 1. The molecular formula is C14H23N3O2S. The minimum atomic E-state index is 0.0225. The number of rotatable bonds is 6. The van der Waals surface area contributed by atoms with Crippen LogP contribution in [0.5, 0.6) is 0 Å². The number of ether oxygens (including phenoxy) is 1. The molecule has 0 spiro atoms. The molecule has 0 bridgehead atoms. The number of thiazole rings is 1.